The van der Waals surface area contributed by atoms with Crippen molar-refractivity contribution in [3.05, 3.63) is 95.1 Å². The molecular formula is C31H36N2O3. The minimum atomic E-state index is -0.809. The lowest BCUT2D eigenvalue weighted by molar-refractivity contribution is -0.137. The van der Waals surface area contributed by atoms with Crippen molar-refractivity contribution in [3.63, 3.8) is 0 Å². The van der Waals surface area contributed by atoms with Crippen LogP contribution in [0, 0.1) is 6.92 Å². The molecule has 5 heteroatoms. The number of carbonyl (C=O) groups excluding carboxylic acids is 1. The number of amides is 2. The number of carbonyl (C=O) groups is 2. The van der Waals surface area contributed by atoms with Crippen LogP contribution >= 0.6 is 0 Å². The van der Waals surface area contributed by atoms with Crippen LogP contribution in [0.5, 0.6) is 0 Å². The Morgan fingerprint density at radius 3 is 2.19 bits per heavy atom. The predicted molar refractivity (Wildman–Crippen MR) is 146 cm³/mol. The first kappa shape index (κ1) is 25.5. The Morgan fingerprint density at radius 2 is 1.56 bits per heavy atom. The lowest BCUT2D eigenvalue weighted by Crippen LogP contribution is -2.22. The van der Waals surface area contributed by atoms with E-state index in [1.165, 1.54) is 5.56 Å². The molecule has 4 rings (SSSR count). The number of aliphatic carboxylic acids is 1. The minimum absolute atomic E-state index is 0.0764. The number of rotatable bonds is 8. The zero-order chi connectivity index (χ0) is 25.5. The van der Waals surface area contributed by atoms with Crippen LogP contribution in [-0.2, 0) is 4.79 Å². The van der Waals surface area contributed by atoms with E-state index in [1.807, 2.05) is 44.2 Å². The highest BCUT2D eigenvalue weighted by Crippen LogP contribution is 2.43. The number of carboxylic acids is 1. The quantitative estimate of drug-likeness (QED) is 0.303. The van der Waals surface area contributed by atoms with Crippen LogP contribution in [0.25, 0.3) is 0 Å². The van der Waals surface area contributed by atoms with Gasteiger partial charge in [0.15, 0.2) is 0 Å². The predicted octanol–water partition coefficient (Wildman–Crippen LogP) is 8.05. The van der Waals surface area contributed by atoms with Crippen molar-refractivity contribution >= 4 is 23.4 Å². The number of urea groups is 1. The van der Waals surface area contributed by atoms with E-state index in [9.17, 15) is 14.7 Å². The van der Waals surface area contributed by atoms with Gasteiger partial charge in [-0.3, -0.25) is 4.79 Å². The van der Waals surface area contributed by atoms with E-state index in [2.05, 4.69) is 53.1 Å². The van der Waals surface area contributed by atoms with E-state index >= 15 is 0 Å². The average Bonchev–Trinajstić information content (AvgIpc) is 2.89. The molecule has 5 nitrogen and oxygen atoms in total. The lowest BCUT2D eigenvalue weighted by Gasteiger charge is -2.31. The fourth-order valence-corrected chi connectivity index (χ4v) is 5.39. The first-order valence-electron chi connectivity index (χ1n) is 13.0. The summed E-state index contributed by atoms with van der Waals surface area (Å²) < 4.78 is 0. The smallest absolute Gasteiger partial charge is 0.323 e. The molecule has 3 aromatic rings. The maximum Gasteiger partial charge on any atom is 0.323 e. The van der Waals surface area contributed by atoms with Gasteiger partial charge in [0.2, 0.25) is 0 Å². The van der Waals surface area contributed by atoms with Crippen LogP contribution in [0.4, 0.5) is 16.2 Å². The average molecular weight is 485 g/mol. The van der Waals surface area contributed by atoms with Crippen molar-refractivity contribution in [2.75, 3.05) is 10.6 Å². The molecule has 36 heavy (non-hydrogen) atoms. The van der Waals surface area contributed by atoms with Crippen LogP contribution in [0.1, 0.15) is 85.5 Å². The maximum absolute atomic E-state index is 13.0. The number of hydrogen-bond acceptors (Lipinski definition) is 2. The van der Waals surface area contributed by atoms with E-state index in [1.54, 1.807) is 0 Å². The summed E-state index contributed by atoms with van der Waals surface area (Å²) in [4.78, 5) is 24.4. The van der Waals surface area contributed by atoms with Gasteiger partial charge in [-0.05, 0) is 91.7 Å². The third-order valence-corrected chi connectivity index (χ3v) is 7.46. The van der Waals surface area contributed by atoms with Gasteiger partial charge in [-0.25, -0.2) is 4.79 Å². The second kappa shape index (κ2) is 11.9. The Bertz CT molecular complexity index is 1170. The van der Waals surface area contributed by atoms with Gasteiger partial charge in [0.05, 0.1) is 6.42 Å². The molecule has 2 amide bonds. The largest absolute Gasteiger partial charge is 0.481 e. The number of carboxylic acid groups (broad SMARTS) is 1. The highest BCUT2D eigenvalue weighted by molar-refractivity contribution is 6.00. The zero-order valence-electron chi connectivity index (χ0n) is 21.2. The Balaban J connectivity index is 1.55. The van der Waals surface area contributed by atoms with Gasteiger partial charge in [-0.15, -0.1) is 0 Å². The molecule has 3 N–H and O–H groups in total. The molecule has 0 spiro atoms. The summed E-state index contributed by atoms with van der Waals surface area (Å²) in [5.41, 5.74) is 6.13. The summed E-state index contributed by atoms with van der Waals surface area (Å²) in [6.07, 6.45) is 5.14. The molecule has 1 unspecified atom stereocenters. The van der Waals surface area contributed by atoms with Gasteiger partial charge in [-0.1, -0.05) is 67.1 Å². The normalized spacial score (nSPS) is 18.3. The fourth-order valence-electron chi connectivity index (χ4n) is 5.39. The molecular weight excluding hydrogens is 448 g/mol. The molecule has 1 fully saturated rings. The van der Waals surface area contributed by atoms with Gasteiger partial charge in [0.1, 0.15) is 0 Å². The van der Waals surface area contributed by atoms with Gasteiger partial charge in [0.25, 0.3) is 0 Å². The summed E-state index contributed by atoms with van der Waals surface area (Å²) in [5.74, 6) is 0.0269. The Morgan fingerprint density at radius 1 is 0.889 bits per heavy atom. The molecule has 1 aliphatic carbocycles. The number of nitrogens with one attached hydrogen (secondary N) is 2. The van der Waals surface area contributed by atoms with E-state index in [4.69, 9.17) is 0 Å². The summed E-state index contributed by atoms with van der Waals surface area (Å²) >= 11 is 0. The third kappa shape index (κ3) is 6.54. The van der Waals surface area contributed by atoms with Crippen LogP contribution < -0.4 is 10.6 Å². The Kier molecular flexibility index (Phi) is 8.42. The van der Waals surface area contributed by atoms with E-state index in [0.29, 0.717) is 11.8 Å². The van der Waals surface area contributed by atoms with Crippen LogP contribution in [0.15, 0.2) is 72.8 Å². The van der Waals surface area contributed by atoms with Crippen LogP contribution in [0.3, 0.4) is 0 Å². The molecule has 0 saturated heterocycles. The van der Waals surface area contributed by atoms with Gasteiger partial charge in [0, 0.05) is 11.4 Å². The molecule has 0 heterocycles. The van der Waals surface area contributed by atoms with Crippen molar-refractivity contribution in [1.82, 2.24) is 0 Å². The molecule has 1 saturated carbocycles. The number of hydrogen-bond donors (Lipinski definition) is 3. The summed E-state index contributed by atoms with van der Waals surface area (Å²) in [7, 11) is 0. The lowest BCUT2D eigenvalue weighted by atomic mass is 9.75. The van der Waals surface area contributed by atoms with E-state index in [0.717, 1.165) is 60.2 Å². The number of anilines is 2. The second-order valence-electron chi connectivity index (χ2n) is 9.95. The van der Waals surface area contributed by atoms with Gasteiger partial charge in [-0.2, -0.15) is 0 Å². The molecule has 0 aromatic heterocycles. The highest BCUT2D eigenvalue weighted by Gasteiger charge is 2.26. The van der Waals surface area contributed by atoms with Gasteiger partial charge >= 0.3 is 12.0 Å². The van der Waals surface area contributed by atoms with Crippen molar-refractivity contribution < 1.29 is 14.7 Å². The van der Waals surface area contributed by atoms with E-state index in [-0.39, 0.29) is 18.4 Å². The molecule has 0 aliphatic heterocycles. The SMILES string of the molecule is CCC(CC(=O)O)c1ccc(C2CCC(c3ccccc3)CC2)c(NC(=O)Nc2ccc(C)cc2)c1. The molecule has 3 aromatic carbocycles. The maximum atomic E-state index is 13.0. The van der Waals surface area contributed by atoms with E-state index < -0.39 is 5.97 Å². The molecule has 1 aliphatic rings. The molecule has 0 bridgehead atoms. The summed E-state index contributed by atoms with van der Waals surface area (Å²) in [6.45, 7) is 4.01. The van der Waals surface area contributed by atoms with Crippen molar-refractivity contribution in [2.45, 2.75) is 70.1 Å². The Labute approximate surface area is 214 Å². The number of benzene rings is 3. The van der Waals surface area contributed by atoms with Crippen molar-refractivity contribution in [2.24, 2.45) is 0 Å². The number of aryl methyl sites for hydroxylation is 1. The molecule has 0 radical (unpaired) electrons. The summed E-state index contributed by atoms with van der Waals surface area (Å²) in [6, 6.07) is 24.3. The highest BCUT2D eigenvalue weighted by atomic mass is 16.4. The monoisotopic (exact) mass is 484 g/mol. The third-order valence-electron chi connectivity index (χ3n) is 7.46. The fraction of sp³-hybridized carbons (Fsp3) is 0.355. The molecule has 188 valence electrons. The zero-order valence-corrected chi connectivity index (χ0v) is 21.2. The van der Waals surface area contributed by atoms with Crippen molar-refractivity contribution in [1.29, 1.82) is 0 Å². The first-order chi connectivity index (χ1) is 17.4. The standard InChI is InChI=1S/C31H36N2O3/c1-3-22(20-30(34)35)26-15-18-28(25-13-11-24(12-14-25)23-7-5-4-6-8-23)29(19-26)33-31(36)32-27-16-9-21(2)10-17-27/h4-10,15-19,22,24-25H,3,11-14,20H2,1-2H3,(H,34,35)(H2,32,33,36). The van der Waals surface area contributed by atoms with Crippen molar-refractivity contribution in [3.8, 4) is 0 Å². The van der Waals surface area contributed by atoms with Crippen LogP contribution in [0.2, 0.25) is 0 Å². The second-order valence-corrected chi connectivity index (χ2v) is 9.95. The van der Waals surface area contributed by atoms with Crippen LogP contribution in [-0.4, -0.2) is 17.1 Å². The Hall–Kier alpha value is -3.60. The topological polar surface area (TPSA) is 78.4 Å². The van der Waals surface area contributed by atoms with Gasteiger partial charge < -0.3 is 15.7 Å². The first-order valence-corrected chi connectivity index (χ1v) is 13.0. The minimum Gasteiger partial charge on any atom is -0.481 e. The molecule has 1 atom stereocenters. The summed E-state index contributed by atoms with van der Waals surface area (Å²) in [5, 5.41) is 15.4.